The molecule has 1 aliphatic heterocycles. The molecule has 12 nitrogen and oxygen atoms in total. The monoisotopic (exact) mass is 906 g/mol. The van der Waals surface area contributed by atoms with Crippen molar-refractivity contribution in [1.29, 1.82) is 0 Å². The largest absolute Gasteiger partial charge is 0.478 e. The van der Waals surface area contributed by atoms with Gasteiger partial charge in [-0.25, -0.2) is 46.7 Å². The van der Waals surface area contributed by atoms with E-state index in [2.05, 4.69) is 25.3 Å². The van der Waals surface area contributed by atoms with Crippen LogP contribution in [-0.2, 0) is 35.0 Å². The quantitative estimate of drug-likeness (QED) is 0.0965. The predicted molar refractivity (Wildman–Crippen MR) is 201 cm³/mol. The van der Waals surface area contributed by atoms with Crippen molar-refractivity contribution < 1.29 is 63.3 Å². The minimum atomic E-state index is -5.03. The Morgan fingerprint density at radius 2 is 1.30 bits per heavy atom. The lowest BCUT2D eigenvalue weighted by atomic mass is 9.97. The molecule has 3 heterocycles. The molecule has 0 radical (unpaired) electrons. The van der Waals surface area contributed by atoms with Gasteiger partial charge in [0.2, 0.25) is 20.9 Å². The normalized spacial score (nSPS) is 13.4. The van der Waals surface area contributed by atoms with E-state index >= 15 is 0 Å². The van der Waals surface area contributed by atoms with E-state index in [4.69, 9.17) is 28.3 Å². The average molecular weight is 908 g/mol. The van der Waals surface area contributed by atoms with Crippen molar-refractivity contribution in [2.45, 2.75) is 30.4 Å². The van der Waals surface area contributed by atoms with Crippen LogP contribution < -0.4 is 10.2 Å². The van der Waals surface area contributed by atoms with Crippen molar-refractivity contribution in [3.05, 3.63) is 116 Å². The lowest BCUT2D eigenvalue weighted by Crippen LogP contribution is -2.44. The maximum atomic E-state index is 13.7. The SMILES string of the molecule is CS(=O)(=O)c1ncc(C(=O)O)c(-c2ccc(F)cc2Cl)n1.O=C(O)c1c(CCc2cc(C(F)(F)F)cc(C(F)(F)F)c2)nc(N2CCNCC2)nc1-c1ccc(F)cc1Cl. The Kier molecular flexibility index (Phi) is 13.7. The Labute approximate surface area is 344 Å². The number of nitrogens with zero attached hydrogens (tertiary/aromatic N) is 5. The van der Waals surface area contributed by atoms with E-state index in [0.29, 0.717) is 38.3 Å². The van der Waals surface area contributed by atoms with Crippen molar-refractivity contribution >= 4 is 50.9 Å². The lowest BCUT2D eigenvalue weighted by Gasteiger charge is -2.28. The highest BCUT2D eigenvalue weighted by molar-refractivity contribution is 7.90. The summed E-state index contributed by atoms with van der Waals surface area (Å²) in [4.78, 5) is 41.3. The van der Waals surface area contributed by atoms with Gasteiger partial charge in [0, 0.05) is 49.8 Å². The molecule has 23 heteroatoms. The highest BCUT2D eigenvalue weighted by Crippen LogP contribution is 2.38. The van der Waals surface area contributed by atoms with Crippen LogP contribution in [0.1, 0.15) is 43.1 Å². The molecule has 3 N–H and O–H groups in total. The van der Waals surface area contributed by atoms with E-state index in [1.807, 2.05) is 0 Å². The number of rotatable bonds is 9. The number of halogens is 10. The molecule has 1 saturated heterocycles. The molecule has 0 amide bonds. The van der Waals surface area contributed by atoms with Crippen LogP contribution in [0.3, 0.4) is 0 Å². The number of carbonyl (C=O) groups is 2. The maximum Gasteiger partial charge on any atom is 0.416 e. The number of alkyl halides is 6. The summed E-state index contributed by atoms with van der Waals surface area (Å²) in [6.45, 7) is 2.03. The van der Waals surface area contributed by atoms with Gasteiger partial charge in [-0.15, -0.1) is 0 Å². The fourth-order valence-electron chi connectivity index (χ4n) is 5.80. The van der Waals surface area contributed by atoms with Gasteiger partial charge in [-0.05, 0) is 73.0 Å². The van der Waals surface area contributed by atoms with Crippen LogP contribution in [0, 0.1) is 11.6 Å². The summed E-state index contributed by atoms with van der Waals surface area (Å²) in [5.74, 6) is -4.04. The van der Waals surface area contributed by atoms with Crippen LogP contribution >= 0.6 is 23.2 Å². The fraction of sp³-hybridized carbons (Fsp3) is 0.243. The highest BCUT2D eigenvalue weighted by atomic mass is 35.5. The zero-order chi connectivity index (χ0) is 44.3. The number of aromatic carboxylic acids is 2. The van der Waals surface area contributed by atoms with Gasteiger partial charge in [-0.1, -0.05) is 23.2 Å². The number of hydrogen-bond donors (Lipinski definition) is 3. The van der Waals surface area contributed by atoms with Crippen LogP contribution in [0.15, 0.2) is 66.0 Å². The molecule has 60 heavy (non-hydrogen) atoms. The summed E-state index contributed by atoms with van der Waals surface area (Å²) >= 11 is 12.1. The van der Waals surface area contributed by atoms with Crippen LogP contribution in [0.5, 0.6) is 0 Å². The van der Waals surface area contributed by atoms with Gasteiger partial charge in [0.1, 0.15) is 22.8 Å². The number of nitrogens with one attached hydrogen (secondary N) is 1. The molecule has 6 rings (SSSR count). The number of hydrogen-bond acceptors (Lipinski definition) is 10. The first-order chi connectivity index (χ1) is 27.9. The van der Waals surface area contributed by atoms with Crippen molar-refractivity contribution in [3.63, 3.8) is 0 Å². The van der Waals surface area contributed by atoms with Crippen LogP contribution in [0.4, 0.5) is 41.1 Å². The van der Waals surface area contributed by atoms with Gasteiger partial charge in [0.25, 0.3) is 0 Å². The molecular formula is C37H28Cl2F8N6O6S. The summed E-state index contributed by atoms with van der Waals surface area (Å²) in [6, 6.07) is 7.72. The molecule has 0 bridgehead atoms. The van der Waals surface area contributed by atoms with Crippen LogP contribution in [0.2, 0.25) is 10.0 Å². The summed E-state index contributed by atoms with van der Waals surface area (Å²) in [6.07, 6.45) is -9.01. The number of anilines is 1. The van der Waals surface area contributed by atoms with Crippen LogP contribution in [0.25, 0.3) is 22.5 Å². The van der Waals surface area contributed by atoms with E-state index in [1.54, 1.807) is 4.90 Å². The lowest BCUT2D eigenvalue weighted by molar-refractivity contribution is -0.143. The first kappa shape index (κ1) is 45.6. The number of carboxylic acids is 2. The second-order valence-corrected chi connectivity index (χ2v) is 15.6. The number of benzene rings is 3. The minimum absolute atomic E-state index is 0.0218. The number of aromatic nitrogens is 4. The van der Waals surface area contributed by atoms with Gasteiger partial charge in [0.05, 0.1) is 38.3 Å². The van der Waals surface area contributed by atoms with Crippen LogP contribution in [-0.4, -0.2) is 82.9 Å². The zero-order valence-electron chi connectivity index (χ0n) is 30.5. The third-order valence-electron chi connectivity index (χ3n) is 8.58. The highest BCUT2D eigenvalue weighted by Gasteiger charge is 2.37. The molecule has 1 fully saturated rings. The molecule has 0 aliphatic carbocycles. The maximum absolute atomic E-state index is 13.7. The standard InChI is InChI=1S/C25H20ClF7N4O2.C12H8ClFN2O4S/c26-18-12-16(27)2-3-17(18)21-20(22(38)39)19(35-23(36-21)37-7-5-34-6-8-37)4-1-13-9-14(24(28,29)30)11-15(10-13)25(31,32)33;1-21(19,20)12-15-5-8(11(17)18)10(16-12)7-3-2-6(14)4-9(7)13/h2-3,9-12,34H,1,4-8H2,(H,38,39);2-5H,1H3,(H,17,18). The Balaban J connectivity index is 0.000000274. The van der Waals surface area contributed by atoms with Crippen molar-refractivity contribution in [3.8, 4) is 22.5 Å². The Bertz CT molecular complexity index is 2540. The number of piperazine rings is 1. The molecule has 3 aromatic carbocycles. The number of sulfone groups is 1. The molecule has 0 spiro atoms. The van der Waals surface area contributed by atoms with Gasteiger partial charge < -0.3 is 20.4 Å². The molecule has 0 atom stereocenters. The second-order valence-electron chi connectivity index (χ2n) is 12.9. The van der Waals surface area contributed by atoms with Crippen molar-refractivity contribution in [2.24, 2.45) is 0 Å². The smallest absolute Gasteiger partial charge is 0.416 e. The molecule has 318 valence electrons. The van der Waals surface area contributed by atoms with Gasteiger partial charge in [0.15, 0.2) is 0 Å². The Morgan fingerprint density at radius 3 is 1.77 bits per heavy atom. The summed E-state index contributed by atoms with van der Waals surface area (Å²) in [5.41, 5.74) is -4.32. The van der Waals surface area contributed by atoms with E-state index in [1.165, 1.54) is 12.1 Å². The van der Waals surface area contributed by atoms with Gasteiger partial charge in [-0.2, -0.15) is 26.3 Å². The third-order valence-corrected chi connectivity index (χ3v) is 10.1. The second kappa shape index (κ2) is 18.0. The Hall–Kier alpha value is -5.51. The Morgan fingerprint density at radius 1 is 0.767 bits per heavy atom. The minimum Gasteiger partial charge on any atom is -0.478 e. The molecule has 0 saturated carbocycles. The fourth-order valence-corrected chi connectivity index (χ4v) is 6.81. The summed E-state index contributed by atoms with van der Waals surface area (Å²) < 4.78 is 130. The number of carboxylic acid groups (broad SMARTS) is 2. The summed E-state index contributed by atoms with van der Waals surface area (Å²) in [7, 11) is -3.73. The van der Waals surface area contributed by atoms with E-state index in [0.717, 1.165) is 36.7 Å². The number of aryl methyl sites for hydroxylation is 2. The zero-order valence-corrected chi connectivity index (χ0v) is 32.8. The van der Waals surface area contributed by atoms with Crippen molar-refractivity contribution in [1.82, 2.24) is 25.3 Å². The molecular weight excluding hydrogens is 879 g/mol. The first-order valence-electron chi connectivity index (χ1n) is 17.0. The van der Waals surface area contributed by atoms with Gasteiger partial charge in [-0.3, -0.25) is 0 Å². The molecule has 0 unspecified atom stereocenters. The topological polar surface area (TPSA) is 176 Å². The predicted octanol–water partition coefficient (Wildman–Crippen LogP) is 7.90. The summed E-state index contributed by atoms with van der Waals surface area (Å²) in [5, 5.41) is 21.5. The average Bonchev–Trinajstić information content (AvgIpc) is 3.16. The van der Waals surface area contributed by atoms with E-state index in [-0.39, 0.29) is 74.2 Å². The molecule has 2 aromatic heterocycles. The van der Waals surface area contributed by atoms with Gasteiger partial charge >= 0.3 is 24.3 Å². The third kappa shape index (κ3) is 11.0. The first-order valence-corrected chi connectivity index (χ1v) is 19.7. The molecule has 5 aromatic rings. The van der Waals surface area contributed by atoms with E-state index in [9.17, 15) is 58.2 Å². The molecule has 1 aliphatic rings. The van der Waals surface area contributed by atoms with E-state index < -0.39 is 67.6 Å². The van der Waals surface area contributed by atoms with Crippen molar-refractivity contribution in [2.75, 3.05) is 37.3 Å².